The van der Waals surface area contributed by atoms with Gasteiger partial charge in [0.05, 0.1) is 5.69 Å². The first-order valence-electron chi connectivity index (χ1n) is 14.3. The Morgan fingerprint density at radius 2 is 1.82 bits per heavy atom. The summed E-state index contributed by atoms with van der Waals surface area (Å²) in [6.45, 7) is 19.4. The molecule has 0 spiro atoms. The van der Waals surface area contributed by atoms with Crippen LogP contribution in [0.3, 0.4) is 0 Å². The lowest BCUT2D eigenvalue weighted by Crippen LogP contribution is -2.14. The SMILES string of the molecule is C/C=C\C=C/C=Pc1ccnc(C(C)=C=C(S)C(C)CC(C)Cc2ccc(C#CC(C)(C)C)cc2NC(C)C)c1. The number of hydrogen-bond acceptors (Lipinski definition) is 3. The van der Waals surface area contributed by atoms with Crippen molar-refractivity contribution in [3.05, 3.63) is 88.3 Å². The molecule has 0 aliphatic carbocycles. The third-order valence-corrected chi connectivity index (χ3v) is 7.54. The van der Waals surface area contributed by atoms with E-state index >= 15 is 0 Å². The minimum absolute atomic E-state index is 0.0134. The number of anilines is 1. The predicted octanol–water partition coefficient (Wildman–Crippen LogP) is 9.53. The number of allylic oxidation sites excluding steroid dienone is 5. The Morgan fingerprint density at radius 3 is 2.50 bits per heavy atom. The van der Waals surface area contributed by atoms with E-state index in [1.807, 2.05) is 31.3 Å². The van der Waals surface area contributed by atoms with E-state index in [0.29, 0.717) is 17.9 Å². The van der Waals surface area contributed by atoms with E-state index in [4.69, 9.17) is 12.6 Å². The molecule has 0 radical (unpaired) electrons. The molecule has 2 nitrogen and oxygen atoms in total. The number of benzene rings is 1. The van der Waals surface area contributed by atoms with Crippen molar-refractivity contribution in [1.29, 1.82) is 0 Å². The smallest absolute Gasteiger partial charge is 0.0745 e. The van der Waals surface area contributed by atoms with Crippen molar-refractivity contribution in [3.63, 3.8) is 0 Å². The molecule has 2 atom stereocenters. The van der Waals surface area contributed by atoms with Gasteiger partial charge < -0.3 is 5.32 Å². The van der Waals surface area contributed by atoms with Gasteiger partial charge in [-0.15, -0.1) is 18.4 Å². The Kier molecular flexibility index (Phi) is 13.8. The highest BCUT2D eigenvalue weighted by atomic mass is 32.1. The lowest BCUT2D eigenvalue weighted by molar-refractivity contribution is 0.462. The van der Waals surface area contributed by atoms with Crippen molar-refractivity contribution < 1.29 is 0 Å². The largest absolute Gasteiger partial charge is 0.383 e. The van der Waals surface area contributed by atoms with Gasteiger partial charge in [0.15, 0.2) is 0 Å². The molecule has 0 saturated carbocycles. The highest BCUT2D eigenvalue weighted by Gasteiger charge is 2.15. The average molecular weight is 571 g/mol. The third kappa shape index (κ3) is 12.6. The van der Waals surface area contributed by atoms with Crippen LogP contribution in [0.25, 0.3) is 5.57 Å². The van der Waals surface area contributed by atoms with E-state index in [0.717, 1.165) is 42.8 Å². The van der Waals surface area contributed by atoms with Crippen LogP contribution in [0.1, 0.15) is 85.6 Å². The summed E-state index contributed by atoms with van der Waals surface area (Å²) in [5.74, 6) is 9.64. The van der Waals surface area contributed by atoms with Crippen LogP contribution >= 0.6 is 20.8 Å². The van der Waals surface area contributed by atoms with Crippen LogP contribution in [0, 0.1) is 29.1 Å². The van der Waals surface area contributed by atoms with Crippen molar-refractivity contribution in [2.24, 2.45) is 17.3 Å². The van der Waals surface area contributed by atoms with Gasteiger partial charge in [0.2, 0.25) is 0 Å². The number of hydrogen-bond donors (Lipinski definition) is 2. The normalized spacial score (nSPS) is 13.4. The van der Waals surface area contributed by atoms with Gasteiger partial charge in [0.1, 0.15) is 0 Å². The van der Waals surface area contributed by atoms with Gasteiger partial charge >= 0.3 is 0 Å². The van der Waals surface area contributed by atoms with Gasteiger partial charge in [-0.3, -0.25) is 4.98 Å². The van der Waals surface area contributed by atoms with Gasteiger partial charge in [0, 0.05) is 44.7 Å². The fourth-order valence-electron chi connectivity index (χ4n) is 4.15. The van der Waals surface area contributed by atoms with Crippen molar-refractivity contribution in [1.82, 2.24) is 4.98 Å². The molecular weight excluding hydrogens is 523 g/mol. The fraction of sp³-hybridized carbons (Fsp3) is 0.417. The van der Waals surface area contributed by atoms with E-state index in [1.165, 1.54) is 16.6 Å². The predicted molar refractivity (Wildman–Crippen MR) is 184 cm³/mol. The monoisotopic (exact) mass is 570 g/mol. The maximum atomic E-state index is 4.86. The number of rotatable bonds is 11. The summed E-state index contributed by atoms with van der Waals surface area (Å²) < 4.78 is 0. The van der Waals surface area contributed by atoms with Crippen LogP contribution in [-0.2, 0) is 6.42 Å². The van der Waals surface area contributed by atoms with Crippen LogP contribution in [0.15, 0.2) is 71.5 Å². The van der Waals surface area contributed by atoms with E-state index in [9.17, 15) is 0 Å². The molecule has 1 aromatic heterocycles. The topological polar surface area (TPSA) is 24.9 Å². The second kappa shape index (κ2) is 16.5. The molecule has 1 aromatic carbocycles. The lowest BCUT2D eigenvalue weighted by Gasteiger charge is -2.20. The highest BCUT2D eigenvalue weighted by molar-refractivity contribution is 7.84. The van der Waals surface area contributed by atoms with Gasteiger partial charge in [-0.05, 0) is 109 Å². The molecule has 0 bridgehead atoms. The standard InChI is InChI=1S/C36H47N2PS/c1-10-11-12-13-20-39-32-17-19-37-33(25-32)28(5)23-35(40)29(6)21-27(4)22-31-15-14-30(16-18-36(7,8)9)24-34(31)38-26(2)3/h10-15,17,19-20,24-27,29,38,40H,21-22H2,1-9H3/b11-10-,13-12-. The summed E-state index contributed by atoms with van der Waals surface area (Å²) in [5.41, 5.74) is 9.05. The minimum atomic E-state index is -0.0134. The first-order valence-corrected chi connectivity index (χ1v) is 15.7. The molecule has 1 N–H and O–H groups in total. The van der Waals surface area contributed by atoms with Crippen LogP contribution in [0.2, 0.25) is 0 Å². The molecule has 4 heteroatoms. The molecule has 0 saturated heterocycles. The van der Waals surface area contributed by atoms with Crippen molar-refractivity contribution in [2.75, 3.05) is 5.32 Å². The fourth-order valence-corrected chi connectivity index (χ4v) is 5.13. The maximum absolute atomic E-state index is 4.86. The van der Waals surface area contributed by atoms with E-state index < -0.39 is 0 Å². The molecule has 0 aliphatic heterocycles. The summed E-state index contributed by atoms with van der Waals surface area (Å²) in [5, 5.41) is 4.85. The molecule has 0 amide bonds. The van der Waals surface area contributed by atoms with Gasteiger partial charge in [-0.2, -0.15) is 0 Å². The average Bonchev–Trinajstić information content (AvgIpc) is 2.88. The third-order valence-electron chi connectivity index (χ3n) is 6.09. The first kappa shape index (κ1) is 33.5. The Hall–Kier alpha value is -2.75. The van der Waals surface area contributed by atoms with Crippen LogP contribution in [0.4, 0.5) is 5.69 Å². The Balaban J connectivity index is 2.16. The second-order valence-corrected chi connectivity index (χ2v) is 13.4. The molecule has 2 aromatic rings. The van der Waals surface area contributed by atoms with Gasteiger partial charge in [-0.25, -0.2) is 0 Å². The zero-order valence-corrected chi connectivity index (χ0v) is 27.6. The Bertz CT molecular complexity index is 1340. The molecule has 2 unspecified atom stereocenters. The van der Waals surface area contributed by atoms with Gasteiger partial charge in [-0.1, -0.05) is 64.3 Å². The summed E-state index contributed by atoms with van der Waals surface area (Å²) in [7, 11) is 1.14. The quantitative estimate of drug-likeness (QED) is 0.0925. The van der Waals surface area contributed by atoms with E-state index in [2.05, 4.69) is 125 Å². The van der Waals surface area contributed by atoms with E-state index in [-0.39, 0.29) is 5.41 Å². The second-order valence-electron chi connectivity index (χ2n) is 11.8. The summed E-state index contributed by atoms with van der Waals surface area (Å²) >= 11 is 4.86. The molecule has 40 heavy (non-hydrogen) atoms. The van der Waals surface area contributed by atoms with Crippen LogP contribution < -0.4 is 10.6 Å². The molecule has 0 aliphatic rings. The number of nitrogens with one attached hydrogen (secondary N) is 1. The highest BCUT2D eigenvalue weighted by Crippen LogP contribution is 2.28. The number of thiol groups is 1. The Labute approximate surface area is 251 Å². The van der Waals surface area contributed by atoms with Crippen molar-refractivity contribution >= 4 is 43.2 Å². The first-order chi connectivity index (χ1) is 18.9. The Morgan fingerprint density at radius 1 is 1.07 bits per heavy atom. The molecule has 1 heterocycles. The number of nitrogens with zero attached hydrogens (tertiary/aromatic N) is 1. The number of aromatic nitrogens is 1. The maximum Gasteiger partial charge on any atom is 0.0745 e. The summed E-state index contributed by atoms with van der Waals surface area (Å²) in [6.07, 6.45) is 12.1. The molecule has 212 valence electrons. The van der Waals surface area contributed by atoms with Crippen molar-refractivity contribution in [2.45, 2.75) is 81.2 Å². The summed E-state index contributed by atoms with van der Waals surface area (Å²) in [4.78, 5) is 5.56. The molecule has 2 rings (SSSR count). The van der Waals surface area contributed by atoms with E-state index in [1.54, 1.807) is 0 Å². The van der Waals surface area contributed by atoms with Crippen molar-refractivity contribution in [3.8, 4) is 11.8 Å². The molecular formula is C36H47N2PS. The number of pyridine rings is 1. The van der Waals surface area contributed by atoms with Crippen LogP contribution in [-0.4, -0.2) is 16.8 Å². The van der Waals surface area contributed by atoms with Gasteiger partial charge in [0.25, 0.3) is 0 Å². The van der Waals surface area contributed by atoms with Crippen LogP contribution in [0.5, 0.6) is 0 Å². The lowest BCUT2D eigenvalue weighted by atomic mass is 9.90. The molecule has 0 fully saturated rings. The zero-order chi connectivity index (χ0) is 29.7. The summed E-state index contributed by atoms with van der Waals surface area (Å²) in [6, 6.07) is 11.2. The zero-order valence-electron chi connectivity index (χ0n) is 25.8. The minimum Gasteiger partial charge on any atom is -0.383 e.